The lowest BCUT2D eigenvalue weighted by Gasteiger charge is -2.24. The Hall–Kier alpha value is -2.62. The van der Waals surface area contributed by atoms with Crippen LogP contribution in [-0.2, 0) is 9.53 Å². The number of nitrogens with one attached hydrogen (secondary N) is 2. The van der Waals surface area contributed by atoms with Crippen LogP contribution in [0.2, 0.25) is 0 Å². The van der Waals surface area contributed by atoms with Gasteiger partial charge in [0.1, 0.15) is 12.4 Å². The highest BCUT2D eigenvalue weighted by Gasteiger charge is 2.28. The first-order chi connectivity index (χ1) is 16.6. The van der Waals surface area contributed by atoms with Crippen molar-refractivity contribution in [3.05, 3.63) is 51.1 Å². The van der Waals surface area contributed by atoms with E-state index in [1.165, 1.54) is 11.8 Å². The molecule has 0 bridgehead atoms. The number of amides is 1. The van der Waals surface area contributed by atoms with Gasteiger partial charge in [0.25, 0.3) is 0 Å². The van der Waals surface area contributed by atoms with Crippen molar-refractivity contribution in [3.8, 4) is 0 Å². The first-order valence-electron chi connectivity index (χ1n) is 11.5. The van der Waals surface area contributed by atoms with E-state index in [0.29, 0.717) is 29.2 Å². The highest BCUT2D eigenvalue weighted by atomic mass is 35.5. The van der Waals surface area contributed by atoms with Crippen molar-refractivity contribution < 1.29 is 9.53 Å². The third kappa shape index (κ3) is 4.92. The molecule has 4 N–H and O–H groups in total. The number of carbonyl (C=O) groups excluding carboxylic acids is 1. The Kier molecular flexibility index (Phi) is 7.03. The average molecular weight is 499 g/mol. The number of anilines is 1. The summed E-state index contributed by atoms with van der Waals surface area (Å²) in [5.41, 5.74) is 8.14. The Morgan fingerprint density at radius 2 is 2.12 bits per heavy atom. The molecule has 1 aromatic carbocycles. The molecule has 1 amide bonds. The zero-order valence-electron chi connectivity index (χ0n) is 18.7. The maximum Gasteiger partial charge on any atom is 0.224 e. The fourth-order valence-electron chi connectivity index (χ4n) is 4.62. The molecule has 1 atom stereocenters. The molecule has 0 spiro atoms. The lowest BCUT2D eigenvalue weighted by molar-refractivity contribution is -0.125. The summed E-state index contributed by atoms with van der Waals surface area (Å²) in [6.07, 6.45) is 6.34. The van der Waals surface area contributed by atoms with E-state index in [0.717, 1.165) is 59.7 Å². The van der Waals surface area contributed by atoms with Crippen LogP contribution < -0.4 is 26.8 Å². The number of piperidine rings is 1. The molecule has 0 saturated carbocycles. The molecule has 2 aliphatic heterocycles. The van der Waals surface area contributed by atoms with Crippen molar-refractivity contribution >= 4 is 47.1 Å². The number of hydrogen-bond acceptors (Lipinski definition) is 8. The summed E-state index contributed by atoms with van der Waals surface area (Å²) in [5, 5.41) is 9.67. The van der Waals surface area contributed by atoms with Crippen LogP contribution in [0.15, 0.2) is 34.5 Å². The van der Waals surface area contributed by atoms with Crippen LogP contribution in [-0.4, -0.2) is 52.9 Å². The zero-order chi connectivity index (χ0) is 23.5. The van der Waals surface area contributed by atoms with Gasteiger partial charge in [0, 0.05) is 28.5 Å². The Morgan fingerprint density at radius 3 is 2.97 bits per heavy atom. The minimum absolute atomic E-state index is 0.124. The van der Waals surface area contributed by atoms with Crippen LogP contribution in [0.1, 0.15) is 36.6 Å². The van der Waals surface area contributed by atoms with Gasteiger partial charge in [0.2, 0.25) is 11.9 Å². The van der Waals surface area contributed by atoms with Crippen LogP contribution in [0, 0.1) is 5.92 Å². The van der Waals surface area contributed by atoms with Crippen LogP contribution >= 0.6 is 23.4 Å². The van der Waals surface area contributed by atoms with Crippen molar-refractivity contribution in [2.45, 2.75) is 30.3 Å². The van der Waals surface area contributed by atoms with Gasteiger partial charge in [-0.2, -0.15) is 9.97 Å². The van der Waals surface area contributed by atoms with Gasteiger partial charge < -0.3 is 21.1 Å². The fourth-order valence-corrected chi connectivity index (χ4v) is 5.76. The smallest absolute Gasteiger partial charge is 0.224 e. The number of thioether (sulfide) groups is 1. The quantitative estimate of drug-likeness (QED) is 0.386. The maximum atomic E-state index is 12.3. The summed E-state index contributed by atoms with van der Waals surface area (Å²) < 4.78 is 5.57. The molecule has 1 aromatic heterocycles. The Morgan fingerprint density at radius 1 is 1.26 bits per heavy atom. The Bertz CT molecular complexity index is 1240. The summed E-state index contributed by atoms with van der Waals surface area (Å²) in [6.45, 7) is 2.94. The number of benzene rings is 1. The average Bonchev–Trinajstić information content (AvgIpc) is 2.84. The van der Waals surface area contributed by atoms with Gasteiger partial charge >= 0.3 is 0 Å². The summed E-state index contributed by atoms with van der Waals surface area (Å²) >= 11 is 8.23. The first-order valence-corrected chi connectivity index (χ1v) is 12.9. The molecule has 5 rings (SSSR count). The SMILES string of the molecule is Nc1nc(SCCCNC(=O)C2CCNCC2)nc(C2C(Cl)=CC3=c4c2cccc4=COC3)n1. The summed E-state index contributed by atoms with van der Waals surface area (Å²) in [4.78, 5) is 25.7. The number of ether oxygens (including phenoxy) is 1. The maximum absolute atomic E-state index is 12.3. The van der Waals surface area contributed by atoms with Gasteiger partial charge in [-0.1, -0.05) is 41.6 Å². The number of rotatable bonds is 7. The lowest BCUT2D eigenvalue weighted by atomic mass is 9.87. The minimum atomic E-state index is -0.305. The van der Waals surface area contributed by atoms with Crippen LogP contribution in [0.4, 0.5) is 5.95 Å². The van der Waals surface area contributed by atoms with E-state index in [-0.39, 0.29) is 23.7 Å². The van der Waals surface area contributed by atoms with Crippen molar-refractivity contribution in [1.29, 1.82) is 0 Å². The largest absolute Gasteiger partial charge is 0.496 e. The highest BCUT2D eigenvalue weighted by Crippen LogP contribution is 2.35. The predicted molar refractivity (Wildman–Crippen MR) is 133 cm³/mol. The monoisotopic (exact) mass is 498 g/mol. The second-order valence-corrected chi connectivity index (χ2v) is 10.1. The van der Waals surface area contributed by atoms with Crippen LogP contribution in [0.3, 0.4) is 0 Å². The predicted octanol–water partition coefficient (Wildman–Crippen LogP) is 1.24. The summed E-state index contributed by atoms with van der Waals surface area (Å²) in [7, 11) is 0. The summed E-state index contributed by atoms with van der Waals surface area (Å²) in [6, 6.07) is 6.06. The molecule has 1 fully saturated rings. The molecule has 1 saturated heterocycles. The number of carbonyl (C=O) groups is 1. The standard InChI is InChI=1S/C24H27ClN6O2S/c25-18-11-16-13-33-12-15-3-1-4-17(19(15)16)20(18)21-29-23(26)31-24(30-21)34-10-2-7-28-22(32)14-5-8-27-9-6-14/h1,3-4,11-12,14,20,27H,2,5-10,13H2,(H,28,32)(H2,26,29,30,31). The Labute approximate surface area is 207 Å². The van der Waals surface area contributed by atoms with E-state index in [4.69, 9.17) is 27.1 Å². The van der Waals surface area contributed by atoms with Gasteiger partial charge in [-0.15, -0.1) is 0 Å². The fraction of sp³-hybridized carbons (Fsp3) is 0.417. The van der Waals surface area contributed by atoms with Crippen molar-refractivity contribution in [1.82, 2.24) is 25.6 Å². The van der Waals surface area contributed by atoms with Crippen LogP contribution in [0.5, 0.6) is 0 Å². The molecule has 34 heavy (non-hydrogen) atoms. The minimum Gasteiger partial charge on any atom is -0.496 e. The van der Waals surface area contributed by atoms with Gasteiger partial charge in [-0.05, 0) is 54.8 Å². The molecule has 1 aliphatic carbocycles. The van der Waals surface area contributed by atoms with E-state index in [1.807, 2.05) is 18.2 Å². The molecule has 3 heterocycles. The molecular weight excluding hydrogens is 472 g/mol. The molecule has 1 unspecified atom stereocenters. The summed E-state index contributed by atoms with van der Waals surface area (Å²) in [5.74, 6) is 1.44. The zero-order valence-corrected chi connectivity index (χ0v) is 20.3. The molecule has 0 radical (unpaired) electrons. The van der Waals surface area contributed by atoms with Gasteiger partial charge in [-0.3, -0.25) is 4.79 Å². The van der Waals surface area contributed by atoms with E-state index in [9.17, 15) is 4.79 Å². The number of halogens is 1. The molecule has 8 nitrogen and oxygen atoms in total. The first kappa shape index (κ1) is 23.1. The van der Waals surface area contributed by atoms with E-state index >= 15 is 0 Å². The van der Waals surface area contributed by atoms with E-state index in [1.54, 1.807) is 6.26 Å². The number of nitrogen functional groups attached to an aromatic ring is 1. The normalized spacial score (nSPS) is 19.5. The van der Waals surface area contributed by atoms with Crippen molar-refractivity contribution in [3.63, 3.8) is 0 Å². The van der Waals surface area contributed by atoms with Crippen LogP contribution in [0.25, 0.3) is 11.8 Å². The number of nitrogens with zero attached hydrogens (tertiary/aromatic N) is 3. The van der Waals surface area contributed by atoms with Gasteiger partial charge in [-0.25, -0.2) is 4.98 Å². The van der Waals surface area contributed by atoms with Gasteiger partial charge in [0.05, 0.1) is 12.2 Å². The van der Waals surface area contributed by atoms with Crippen molar-refractivity contribution in [2.24, 2.45) is 5.92 Å². The van der Waals surface area contributed by atoms with Crippen molar-refractivity contribution in [2.75, 3.05) is 37.7 Å². The number of aromatic nitrogens is 3. The second kappa shape index (κ2) is 10.3. The molecule has 10 heteroatoms. The molecular formula is C24H27ClN6O2S. The lowest BCUT2D eigenvalue weighted by Crippen LogP contribution is -2.38. The molecule has 2 aromatic rings. The van der Waals surface area contributed by atoms with Gasteiger partial charge in [0.15, 0.2) is 5.16 Å². The number of allylic oxidation sites excluding steroid dienone is 1. The topological polar surface area (TPSA) is 115 Å². The third-order valence-electron chi connectivity index (χ3n) is 6.27. The highest BCUT2D eigenvalue weighted by molar-refractivity contribution is 7.99. The second-order valence-electron chi connectivity index (χ2n) is 8.58. The van der Waals surface area contributed by atoms with E-state index < -0.39 is 0 Å². The third-order valence-corrected chi connectivity index (χ3v) is 7.53. The Balaban J connectivity index is 1.26. The number of nitrogens with two attached hydrogens (primary N) is 1. The van der Waals surface area contributed by atoms with E-state index in [2.05, 4.69) is 26.7 Å². The molecule has 3 aliphatic rings. The number of hydrogen-bond donors (Lipinski definition) is 3. The molecule has 178 valence electrons.